The molecule has 0 bridgehead atoms. The van der Waals surface area contributed by atoms with Gasteiger partial charge in [0, 0.05) is 32.2 Å². The van der Waals surface area contributed by atoms with Gasteiger partial charge in [0.15, 0.2) is 0 Å². The monoisotopic (exact) mass is 213 g/mol. The minimum Gasteiger partial charge on any atom is -0.327 e. The summed E-state index contributed by atoms with van der Waals surface area (Å²) >= 11 is 0. The van der Waals surface area contributed by atoms with E-state index >= 15 is 0 Å². The van der Waals surface area contributed by atoms with Crippen LogP contribution in [0.2, 0.25) is 0 Å². The van der Waals surface area contributed by atoms with E-state index in [2.05, 4.69) is 30.6 Å². The molecule has 0 aromatic carbocycles. The normalized spacial score (nSPS) is 22.2. The van der Waals surface area contributed by atoms with Crippen LogP contribution in [0.3, 0.4) is 0 Å². The molecule has 0 aromatic heterocycles. The van der Waals surface area contributed by atoms with Gasteiger partial charge in [0.25, 0.3) is 0 Å². The Morgan fingerprint density at radius 3 is 2.07 bits per heavy atom. The topological polar surface area (TPSA) is 32.5 Å². The number of nitrogens with zero attached hydrogens (tertiary/aromatic N) is 2. The highest BCUT2D eigenvalue weighted by atomic mass is 15.3. The van der Waals surface area contributed by atoms with E-state index in [9.17, 15) is 0 Å². The molecule has 3 nitrogen and oxygen atoms in total. The number of nitrogens with two attached hydrogens (primary N) is 1. The average molecular weight is 213 g/mol. The lowest BCUT2D eigenvalue weighted by Crippen LogP contribution is -2.47. The second-order valence-electron chi connectivity index (χ2n) is 4.97. The van der Waals surface area contributed by atoms with Gasteiger partial charge >= 0.3 is 0 Å². The van der Waals surface area contributed by atoms with E-state index in [-0.39, 0.29) is 0 Å². The van der Waals surface area contributed by atoms with Crippen LogP contribution >= 0.6 is 0 Å². The van der Waals surface area contributed by atoms with Gasteiger partial charge in [-0.1, -0.05) is 20.8 Å². The lowest BCUT2D eigenvalue weighted by atomic mass is 10.0. The smallest absolute Gasteiger partial charge is 0.0110 e. The van der Waals surface area contributed by atoms with Crippen molar-refractivity contribution in [3.05, 3.63) is 0 Å². The fraction of sp³-hybridized carbons (Fsp3) is 1.00. The molecule has 0 radical (unpaired) electrons. The molecule has 0 aromatic rings. The molecule has 1 atom stereocenters. The fourth-order valence-electron chi connectivity index (χ4n) is 1.99. The summed E-state index contributed by atoms with van der Waals surface area (Å²) in [6.45, 7) is 13.9. The zero-order valence-electron chi connectivity index (χ0n) is 10.6. The minimum atomic E-state index is 0.370. The molecular formula is C12H27N3. The summed E-state index contributed by atoms with van der Waals surface area (Å²) < 4.78 is 0. The molecule has 90 valence electrons. The van der Waals surface area contributed by atoms with Crippen molar-refractivity contribution in [3.63, 3.8) is 0 Å². The quantitative estimate of drug-likeness (QED) is 0.739. The molecule has 1 aliphatic heterocycles. The van der Waals surface area contributed by atoms with Crippen molar-refractivity contribution in [1.29, 1.82) is 0 Å². The Hall–Kier alpha value is -0.120. The SMILES string of the molecule is CCN1CCN(CC[C@H](N)C(C)C)CC1. The molecule has 0 amide bonds. The summed E-state index contributed by atoms with van der Waals surface area (Å²) in [4.78, 5) is 5.06. The zero-order chi connectivity index (χ0) is 11.3. The highest BCUT2D eigenvalue weighted by Gasteiger charge is 2.16. The first-order valence-corrected chi connectivity index (χ1v) is 6.33. The maximum Gasteiger partial charge on any atom is 0.0110 e. The van der Waals surface area contributed by atoms with Crippen molar-refractivity contribution in [2.45, 2.75) is 33.2 Å². The molecule has 1 aliphatic rings. The summed E-state index contributed by atoms with van der Waals surface area (Å²) in [6.07, 6.45) is 1.14. The predicted octanol–water partition coefficient (Wildman–Crippen LogP) is 0.997. The average Bonchev–Trinajstić information content (AvgIpc) is 2.26. The van der Waals surface area contributed by atoms with Gasteiger partial charge in [0.05, 0.1) is 0 Å². The van der Waals surface area contributed by atoms with Gasteiger partial charge in [-0.3, -0.25) is 0 Å². The van der Waals surface area contributed by atoms with Crippen molar-refractivity contribution in [2.24, 2.45) is 11.7 Å². The third-order valence-electron chi connectivity index (χ3n) is 3.55. The lowest BCUT2D eigenvalue weighted by Gasteiger charge is -2.34. The Morgan fingerprint density at radius 1 is 1.07 bits per heavy atom. The number of hydrogen-bond acceptors (Lipinski definition) is 3. The van der Waals surface area contributed by atoms with Gasteiger partial charge in [-0.25, -0.2) is 0 Å². The Kier molecular flexibility index (Phi) is 5.58. The van der Waals surface area contributed by atoms with Crippen LogP contribution in [0.15, 0.2) is 0 Å². The van der Waals surface area contributed by atoms with Crippen molar-refractivity contribution >= 4 is 0 Å². The van der Waals surface area contributed by atoms with E-state index in [1.54, 1.807) is 0 Å². The molecule has 1 rings (SSSR count). The number of rotatable bonds is 5. The van der Waals surface area contributed by atoms with Crippen LogP contribution in [0.4, 0.5) is 0 Å². The first-order valence-electron chi connectivity index (χ1n) is 6.33. The van der Waals surface area contributed by atoms with Gasteiger partial charge in [0.2, 0.25) is 0 Å². The van der Waals surface area contributed by atoms with Crippen LogP contribution in [-0.4, -0.2) is 55.1 Å². The Balaban J connectivity index is 2.13. The summed E-state index contributed by atoms with van der Waals surface area (Å²) in [5.74, 6) is 0.613. The van der Waals surface area contributed by atoms with Crippen LogP contribution < -0.4 is 5.73 Å². The molecule has 0 saturated carbocycles. The van der Waals surface area contributed by atoms with Crippen LogP contribution in [0.1, 0.15) is 27.2 Å². The highest BCUT2D eigenvalue weighted by Crippen LogP contribution is 2.06. The second-order valence-corrected chi connectivity index (χ2v) is 4.97. The molecule has 3 heteroatoms. The third-order valence-corrected chi connectivity index (χ3v) is 3.55. The molecule has 1 saturated heterocycles. The molecule has 0 spiro atoms. The van der Waals surface area contributed by atoms with E-state index in [4.69, 9.17) is 5.73 Å². The van der Waals surface area contributed by atoms with E-state index in [1.807, 2.05) is 0 Å². The van der Waals surface area contributed by atoms with Gasteiger partial charge in [0.1, 0.15) is 0 Å². The van der Waals surface area contributed by atoms with E-state index in [0.717, 1.165) is 6.42 Å². The van der Waals surface area contributed by atoms with Gasteiger partial charge in [-0.2, -0.15) is 0 Å². The lowest BCUT2D eigenvalue weighted by molar-refractivity contribution is 0.132. The van der Waals surface area contributed by atoms with Crippen LogP contribution in [0.5, 0.6) is 0 Å². The van der Waals surface area contributed by atoms with Crippen molar-refractivity contribution in [1.82, 2.24) is 9.80 Å². The summed E-state index contributed by atoms with van der Waals surface area (Å²) in [7, 11) is 0. The maximum absolute atomic E-state index is 6.05. The third kappa shape index (κ3) is 4.49. The minimum absolute atomic E-state index is 0.370. The summed E-state index contributed by atoms with van der Waals surface area (Å²) in [6, 6.07) is 0.370. The van der Waals surface area contributed by atoms with Gasteiger partial charge in [-0.05, 0) is 25.4 Å². The molecule has 1 heterocycles. The highest BCUT2D eigenvalue weighted by molar-refractivity contribution is 4.73. The predicted molar refractivity (Wildman–Crippen MR) is 66.0 cm³/mol. The van der Waals surface area contributed by atoms with Gasteiger partial charge < -0.3 is 15.5 Å². The standard InChI is InChI=1S/C12H27N3/c1-4-14-7-9-15(10-8-14)6-5-12(13)11(2)3/h11-12H,4-10,13H2,1-3H3/t12-/m0/s1. The zero-order valence-corrected chi connectivity index (χ0v) is 10.6. The maximum atomic E-state index is 6.05. The molecule has 2 N–H and O–H groups in total. The summed E-state index contributed by atoms with van der Waals surface area (Å²) in [5, 5.41) is 0. The van der Waals surface area contributed by atoms with E-state index < -0.39 is 0 Å². The first-order chi connectivity index (χ1) is 7.13. The Morgan fingerprint density at radius 2 is 1.60 bits per heavy atom. The van der Waals surface area contributed by atoms with Crippen molar-refractivity contribution < 1.29 is 0 Å². The molecule has 0 aliphatic carbocycles. The number of piperazine rings is 1. The van der Waals surface area contributed by atoms with Crippen molar-refractivity contribution in [3.8, 4) is 0 Å². The van der Waals surface area contributed by atoms with E-state index in [0.29, 0.717) is 12.0 Å². The number of likely N-dealkylation sites (N-methyl/N-ethyl adjacent to an activating group) is 1. The van der Waals surface area contributed by atoms with E-state index in [1.165, 1.54) is 39.3 Å². The largest absolute Gasteiger partial charge is 0.327 e. The first kappa shape index (κ1) is 12.9. The molecule has 15 heavy (non-hydrogen) atoms. The molecular weight excluding hydrogens is 186 g/mol. The summed E-state index contributed by atoms with van der Waals surface area (Å²) in [5.41, 5.74) is 6.05. The second kappa shape index (κ2) is 6.46. The van der Waals surface area contributed by atoms with Crippen LogP contribution in [0.25, 0.3) is 0 Å². The van der Waals surface area contributed by atoms with Crippen molar-refractivity contribution in [2.75, 3.05) is 39.3 Å². The Labute approximate surface area is 94.6 Å². The van der Waals surface area contributed by atoms with Crippen LogP contribution in [-0.2, 0) is 0 Å². The molecule has 1 fully saturated rings. The Bertz CT molecular complexity index is 162. The van der Waals surface area contributed by atoms with Crippen LogP contribution in [0, 0.1) is 5.92 Å². The van der Waals surface area contributed by atoms with Gasteiger partial charge in [-0.15, -0.1) is 0 Å². The fourth-order valence-corrected chi connectivity index (χ4v) is 1.99. The number of hydrogen-bond donors (Lipinski definition) is 1. The molecule has 0 unspecified atom stereocenters.